The van der Waals surface area contributed by atoms with Crippen molar-refractivity contribution in [2.45, 2.75) is 26.3 Å². The van der Waals surface area contributed by atoms with Gasteiger partial charge in [0.2, 0.25) is 0 Å². The van der Waals surface area contributed by atoms with E-state index in [9.17, 15) is 14.4 Å². The maximum Gasteiger partial charge on any atom is 0.338 e. The van der Waals surface area contributed by atoms with Gasteiger partial charge in [-0.1, -0.05) is 6.92 Å². The molecule has 1 heterocycles. The predicted molar refractivity (Wildman–Crippen MR) is 109 cm³/mol. The molecule has 0 spiro atoms. The van der Waals surface area contributed by atoms with E-state index in [2.05, 4.69) is 10.6 Å². The SMILES string of the molecule is CCOC(=O)C1=C(COC(=O)/C=C/c2ccc(OC)cc2OC)NC(=O)N[C@H]1CC. The Morgan fingerprint density at radius 2 is 1.90 bits per heavy atom. The highest BCUT2D eigenvalue weighted by molar-refractivity contribution is 5.95. The van der Waals surface area contributed by atoms with Crippen LogP contribution in [0.5, 0.6) is 11.5 Å². The molecule has 0 radical (unpaired) electrons. The highest BCUT2D eigenvalue weighted by atomic mass is 16.5. The number of carbonyl (C=O) groups excluding carboxylic acids is 3. The average molecular weight is 418 g/mol. The van der Waals surface area contributed by atoms with E-state index in [0.717, 1.165) is 0 Å². The zero-order valence-corrected chi connectivity index (χ0v) is 17.4. The summed E-state index contributed by atoms with van der Waals surface area (Å²) in [6.07, 6.45) is 3.25. The van der Waals surface area contributed by atoms with Gasteiger partial charge in [-0.2, -0.15) is 0 Å². The third kappa shape index (κ3) is 5.76. The fourth-order valence-electron chi connectivity index (χ4n) is 2.88. The fraction of sp³-hybridized carbons (Fsp3) is 0.381. The van der Waals surface area contributed by atoms with E-state index >= 15 is 0 Å². The molecule has 0 unspecified atom stereocenters. The second kappa shape index (κ2) is 10.9. The number of rotatable bonds is 9. The van der Waals surface area contributed by atoms with Gasteiger partial charge in [-0.25, -0.2) is 14.4 Å². The number of carbonyl (C=O) groups is 3. The van der Waals surface area contributed by atoms with Gasteiger partial charge < -0.3 is 29.6 Å². The van der Waals surface area contributed by atoms with E-state index in [1.54, 1.807) is 32.2 Å². The van der Waals surface area contributed by atoms with Crippen molar-refractivity contribution in [3.63, 3.8) is 0 Å². The van der Waals surface area contributed by atoms with E-state index in [1.807, 2.05) is 6.92 Å². The number of urea groups is 1. The minimum absolute atomic E-state index is 0.187. The molecule has 1 atom stereocenters. The van der Waals surface area contributed by atoms with E-state index in [1.165, 1.54) is 19.3 Å². The highest BCUT2D eigenvalue weighted by Gasteiger charge is 2.31. The van der Waals surface area contributed by atoms with Gasteiger partial charge in [0.15, 0.2) is 0 Å². The lowest BCUT2D eigenvalue weighted by atomic mass is 10.0. The van der Waals surface area contributed by atoms with Crippen LogP contribution >= 0.6 is 0 Å². The van der Waals surface area contributed by atoms with Gasteiger partial charge in [-0.3, -0.25) is 0 Å². The molecule has 2 rings (SSSR count). The second-order valence-corrected chi connectivity index (χ2v) is 6.22. The molecule has 9 nitrogen and oxygen atoms in total. The minimum Gasteiger partial charge on any atom is -0.497 e. The first-order chi connectivity index (χ1) is 14.4. The summed E-state index contributed by atoms with van der Waals surface area (Å²) in [5, 5.41) is 5.18. The van der Waals surface area contributed by atoms with Crippen LogP contribution in [0.2, 0.25) is 0 Å². The summed E-state index contributed by atoms with van der Waals surface area (Å²) >= 11 is 0. The summed E-state index contributed by atoms with van der Waals surface area (Å²) in [4.78, 5) is 36.3. The molecule has 0 bridgehead atoms. The van der Waals surface area contributed by atoms with Gasteiger partial charge in [0, 0.05) is 17.7 Å². The van der Waals surface area contributed by atoms with Crippen molar-refractivity contribution in [2.24, 2.45) is 0 Å². The van der Waals surface area contributed by atoms with Gasteiger partial charge in [-0.15, -0.1) is 0 Å². The van der Waals surface area contributed by atoms with Crippen molar-refractivity contribution in [3.8, 4) is 11.5 Å². The van der Waals surface area contributed by atoms with E-state index in [0.29, 0.717) is 23.5 Å². The summed E-state index contributed by atoms with van der Waals surface area (Å²) in [5.41, 5.74) is 1.10. The molecule has 1 aliphatic heterocycles. The third-order valence-corrected chi connectivity index (χ3v) is 4.35. The Morgan fingerprint density at radius 3 is 2.53 bits per heavy atom. The molecule has 1 aliphatic rings. The molecule has 1 aromatic rings. The number of ether oxygens (including phenoxy) is 4. The van der Waals surface area contributed by atoms with Crippen LogP contribution in [0.15, 0.2) is 35.5 Å². The Morgan fingerprint density at radius 1 is 1.13 bits per heavy atom. The van der Waals surface area contributed by atoms with Crippen molar-refractivity contribution in [2.75, 3.05) is 27.4 Å². The minimum atomic E-state index is -0.649. The van der Waals surface area contributed by atoms with Crippen LogP contribution in [0, 0.1) is 0 Å². The summed E-state index contributed by atoms with van der Waals surface area (Å²) in [5.74, 6) is -0.0648. The molecule has 0 saturated heterocycles. The maximum atomic E-state index is 12.3. The summed E-state index contributed by atoms with van der Waals surface area (Å²) < 4.78 is 20.7. The largest absolute Gasteiger partial charge is 0.497 e. The molecule has 1 aromatic carbocycles. The van der Waals surface area contributed by atoms with Crippen LogP contribution in [0.4, 0.5) is 4.79 Å². The lowest BCUT2D eigenvalue weighted by Crippen LogP contribution is -2.51. The lowest BCUT2D eigenvalue weighted by Gasteiger charge is -2.28. The number of esters is 2. The molecule has 162 valence electrons. The number of hydrogen-bond acceptors (Lipinski definition) is 7. The Balaban J connectivity index is 2.13. The smallest absolute Gasteiger partial charge is 0.338 e. The number of nitrogens with one attached hydrogen (secondary N) is 2. The first-order valence-corrected chi connectivity index (χ1v) is 9.47. The van der Waals surface area contributed by atoms with Gasteiger partial charge in [0.1, 0.15) is 18.1 Å². The van der Waals surface area contributed by atoms with E-state index in [4.69, 9.17) is 18.9 Å². The van der Waals surface area contributed by atoms with Crippen molar-refractivity contribution in [1.29, 1.82) is 0 Å². The molecule has 9 heteroatoms. The van der Waals surface area contributed by atoms with Gasteiger partial charge in [0.05, 0.1) is 38.1 Å². The van der Waals surface area contributed by atoms with Crippen LogP contribution in [-0.4, -0.2) is 51.4 Å². The number of hydrogen-bond donors (Lipinski definition) is 2. The van der Waals surface area contributed by atoms with Crippen LogP contribution in [-0.2, 0) is 19.1 Å². The van der Waals surface area contributed by atoms with Crippen molar-refractivity contribution < 1.29 is 33.3 Å². The van der Waals surface area contributed by atoms with Crippen LogP contribution in [0.1, 0.15) is 25.8 Å². The van der Waals surface area contributed by atoms with Gasteiger partial charge in [-0.05, 0) is 31.6 Å². The molecule has 2 N–H and O–H groups in total. The number of benzene rings is 1. The normalized spacial score (nSPS) is 16.0. The fourth-order valence-corrected chi connectivity index (χ4v) is 2.88. The Kier molecular flexibility index (Phi) is 8.28. The molecule has 0 aromatic heterocycles. The van der Waals surface area contributed by atoms with Crippen molar-refractivity contribution in [3.05, 3.63) is 41.1 Å². The van der Waals surface area contributed by atoms with Crippen LogP contribution < -0.4 is 20.1 Å². The predicted octanol–water partition coefficient (Wildman–Crippen LogP) is 2.17. The van der Waals surface area contributed by atoms with Crippen molar-refractivity contribution >= 4 is 24.0 Å². The topological polar surface area (TPSA) is 112 Å². The summed E-state index contributed by atoms with van der Waals surface area (Å²) in [6, 6.07) is 4.17. The van der Waals surface area contributed by atoms with E-state index in [-0.39, 0.29) is 24.5 Å². The molecular weight excluding hydrogens is 392 g/mol. The van der Waals surface area contributed by atoms with E-state index < -0.39 is 24.0 Å². The number of amides is 2. The van der Waals surface area contributed by atoms with Crippen LogP contribution in [0.3, 0.4) is 0 Å². The monoisotopic (exact) mass is 418 g/mol. The quantitative estimate of drug-likeness (QED) is 0.467. The second-order valence-electron chi connectivity index (χ2n) is 6.22. The molecule has 0 aliphatic carbocycles. The van der Waals surface area contributed by atoms with Crippen molar-refractivity contribution in [1.82, 2.24) is 10.6 Å². The molecule has 2 amide bonds. The molecular formula is C21H26N2O7. The average Bonchev–Trinajstić information content (AvgIpc) is 2.75. The first-order valence-electron chi connectivity index (χ1n) is 9.47. The Labute approximate surface area is 175 Å². The highest BCUT2D eigenvalue weighted by Crippen LogP contribution is 2.25. The summed E-state index contributed by atoms with van der Waals surface area (Å²) in [7, 11) is 3.06. The lowest BCUT2D eigenvalue weighted by molar-refractivity contribution is -0.140. The Bertz CT molecular complexity index is 861. The zero-order chi connectivity index (χ0) is 22.1. The summed E-state index contributed by atoms with van der Waals surface area (Å²) in [6.45, 7) is 3.42. The van der Waals surface area contributed by atoms with Crippen LogP contribution in [0.25, 0.3) is 6.08 Å². The zero-order valence-electron chi connectivity index (χ0n) is 17.4. The third-order valence-electron chi connectivity index (χ3n) is 4.35. The first kappa shape index (κ1) is 22.8. The standard InChI is InChI=1S/C21H26N2O7/c1-5-15-19(20(25)29-6-2)16(23-21(26)22-15)12-30-18(24)10-8-13-7-9-14(27-3)11-17(13)28-4/h7-11,15H,5-6,12H2,1-4H3,(H2,22,23,26)/b10-8+/t15-/m0/s1. The van der Waals surface area contributed by atoms with Gasteiger partial charge in [0.25, 0.3) is 0 Å². The molecule has 0 fully saturated rings. The maximum absolute atomic E-state index is 12.3. The molecule has 30 heavy (non-hydrogen) atoms. The van der Waals surface area contributed by atoms with Gasteiger partial charge >= 0.3 is 18.0 Å². The molecule has 0 saturated carbocycles. The Hall–Kier alpha value is -3.49. The number of methoxy groups -OCH3 is 2.